The summed E-state index contributed by atoms with van der Waals surface area (Å²) in [5, 5.41) is 3.62. The van der Waals surface area contributed by atoms with Gasteiger partial charge in [0.15, 0.2) is 0 Å². The van der Waals surface area contributed by atoms with E-state index in [1.807, 2.05) is 0 Å². The van der Waals surface area contributed by atoms with Gasteiger partial charge in [-0.15, -0.1) is 0 Å². The van der Waals surface area contributed by atoms with Crippen LogP contribution in [0.25, 0.3) is 0 Å². The maximum Gasteiger partial charge on any atom is 0.0107 e. The van der Waals surface area contributed by atoms with E-state index in [0.717, 1.165) is 12.6 Å². The van der Waals surface area contributed by atoms with Gasteiger partial charge in [0, 0.05) is 25.2 Å². The average Bonchev–Trinajstić information content (AvgIpc) is 3.22. The lowest BCUT2D eigenvalue weighted by Crippen LogP contribution is -2.35. The van der Waals surface area contributed by atoms with Crippen molar-refractivity contribution < 1.29 is 0 Å². The molecule has 1 aromatic carbocycles. The average molecular weight is 246 g/mol. The molecule has 0 saturated heterocycles. The zero-order valence-corrected chi connectivity index (χ0v) is 11.7. The molecular weight excluding hydrogens is 220 g/mol. The van der Waals surface area contributed by atoms with Crippen LogP contribution < -0.4 is 5.32 Å². The van der Waals surface area contributed by atoms with Crippen LogP contribution in [-0.2, 0) is 6.42 Å². The van der Waals surface area contributed by atoms with Gasteiger partial charge in [-0.3, -0.25) is 0 Å². The van der Waals surface area contributed by atoms with Crippen molar-refractivity contribution in [1.29, 1.82) is 0 Å². The van der Waals surface area contributed by atoms with Gasteiger partial charge in [-0.1, -0.05) is 30.3 Å². The second-order valence-corrected chi connectivity index (χ2v) is 5.59. The Kier molecular flexibility index (Phi) is 5.21. The van der Waals surface area contributed by atoms with E-state index in [4.69, 9.17) is 0 Å². The number of nitrogens with zero attached hydrogens (tertiary/aromatic N) is 1. The minimum absolute atomic E-state index is 0.609. The topological polar surface area (TPSA) is 15.3 Å². The van der Waals surface area contributed by atoms with Gasteiger partial charge in [-0.05, 0) is 45.2 Å². The van der Waals surface area contributed by atoms with Crippen molar-refractivity contribution in [3.05, 3.63) is 35.9 Å². The number of hydrogen-bond acceptors (Lipinski definition) is 2. The smallest absolute Gasteiger partial charge is 0.0107 e. The van der Waals surface area contributed by atoms with E-state index in [2.05, 4.69) is 54.5 Å². The standard InChI is InChI=1S/C16H26N2/c1-14(8-9-15-6-4-3-5-7-15)17-12-13-18(2)16-10-11-16/h3-7,14,16-17H,8-13H2,1-2H3. The van der Waals surface area contributed by atoms with Gasteiger partial charge >= 0.3 is 0 Å². The Morgan fingerprint density at radius 3 is 2.67 bits per heavy atom. The Bertz CT molecular complexity index is 332. The predicted molar refractivity (Wildman–Crippen MR) is 77.9 cm³/mol. The second-order valence-electron chi connectivity index (χ2n) is 5.59. The van der Waals surface area contributed by atoms with Crippen LogP contribution in [0, 0.1) is 0 Å². The highest BCUT2D eigenvalue weighted by Crippen LogP contribution is 2.24. The van der Waals surface area contributed by atoms with E-state index in [1.54, 1.807) is 0 Å². The molecule has 2 nitrogen and oxygen atoms in total. The zero-order valence-electron chi connectivity index (χ0n) is 11.7. The molecule has 0 heterocycles. The lowest BCUT2D eigenvalue weighted by molar-refractivity contribution is 0.314. The van der Waals surface area contributed by atoms with Crippen LogP contribution in [0.4, 0.5) is 0 Å². The molecule has 0 radical (unpaired) electrons. The molecule has 2 heteroatoms. The molecule has 1 N–H and O–H groups in total. The summed E-state index contributed by atoms with van der Waals surface area (Å²) >= 11 is 0. The first-order chi connectivity index (χ1) is 8.75. The number of likely N-dealkylation sites (N-methyl/N-ethyl adjacent to an activating group) is 1. The molecule has 1 aliphatic rings. The number of aryl methyl sites for hydroxylation is 1. The first kappa shape index (κ1) is 13.6. The maximum absolute atomic E-state index is 3.62. The molecule has 100 valence electrons. The lowest BCUT2D eigenvalue weighted by Gasteiger charge is -2.19. The predicted octanol–water partition coefficient (Wildman–Crippen LogP) is 2.69. The maximum atomic E-state index is 3.62. The molecule has 2 rings (SSSR count). The summed E-state index contributed by atoms with van der Waals surface area (Å²) in [6.07, 6.45) is 5.20. The monoisotopic (exact) mass is 246 g/mol. The van der Waals surface area contributed by atoms with Crippen LogP contribution in [-0.4, -0.2) is 37.1 Å². The molecular formula is C16H26N2. The molecule has 1 unspecified atom stereocenters. The molecule has 1 saturated carbocycles. The zero-order chi connectivity index (χ0) is 12.8. The molecule has 1 aliphatic carbocycles. The third-order valence-electron chi connectivity index (χ3n) is 3.84. The Labute approximate surface area is 111 Å². The van der Waals surface area contributed by atoms with Gasteiger partial charge in [0.05, 0.1) is 0 Å². The van der Waals surface area contributed by atoms with Crippen LogP contribution in [0.2, 0.25) is 0 Å². The van der Waals surface area contributed by atoms with Crippen molar-refractivity contribution in [3.63, 3.8) is 0 Å². The Hall–Kier alpha value is -0.860. The molecule has 0 spiro atoms. The SMILES string of the molecule is CC(CCc1ccccc1)NCCN(C)C1CC1. The quantitative estimate of drug-likeness (QED) is 0.758. The molecule has 18 heavy (non-hydrogen) atoms. The fraction of sp³-hybridized carbons (Fsp3) is 0.625. The highest BCUT2D eigenvalue weighted by Gasteiger charge is 2.25. The summed E-state index contributed by atoms with van der Waals surface area (Å²) in [4.78, 5) is 2.48. The molecule has 0 amide bonds. The minimum atomic E-state index is 0.609. The summed E-state index contributed by atoms with van der Waals surface area (Å²) in [7, 11) is 2.24. The third kappa shape index (κ3) is 4.79. The first-order valence-electron chi connectivity index (χ1n) is 7.23. The molecule has 1 atom stereocenters. The highest BCUT2D eigenvalue weighted by molar-refractivity contribution is 5.14. The summed E-state index contributed by atoms with van der Waals surface area (Å²) in [5.41, 5.74) is 1.45. The van der Waals surface area contributed by atoms with E-state index in [9.17, 15) is 0 Å². The van der Waals surface area contributed by atoms with Crippen LogP contribution in [0.1, 0.15) is 31.7 Å². The van der Waals surface area contributed by atoms with Gasteiger partial charge < -0.3 is 10.2 Å². The van der Waals surface area contributed by atoms with Crippen molar-refractivity contribution in [1.82, 2.24) is 10.2 Å². The fourth-order valence-corrected chi connectivity index (χ4v) is 2.32. The van der Waals surface area contributed by atoms with Crippen LogP contribution >= 0.6 is 0 Å². The van der Waals surface area contributed by atoms with Crippen LogP contribution in [0.5, 0.6) is 0 Å². The van der Waals surface area contributed by atoms with Crippen molar-refractivity contribution in [2.45, 2.75) is 44.7 Å². The normalized spacial score (nSPS) is 17.1. The molecule has 0 aromatic heterocycles. The fourth-order valence-electron chi connectivity index (χ4n) is 2.32. The summed E-state index contributed by atoms with van der Waals surface area (Å²) in [6.45, 7) is 4.59. The van der Waals surface area contributed by atoms with Crippen molar-refractivity contribution >= 4 is 0 Å². The minimum Gasteiger partial charge on any atom is -0.313 e. The van der Waals surface area contributed by atoms with Crippen molar-refractivity contribution in [2.24, 2.45) is 0 Å². The van der Waals surface area contributed by atoms with Crippen molar-refractivity contribution in [2.75, 3.05) is 20.1 Å². The Balaban J connectivity index is 1.56. The Morgan fingerprint density at radius 1 is 1.28 bits per heavy atom. The Morgan fingerprint density at radius 2 is 2.00 bits per heavy atom. The molecule has 0 bridgehead atoms. The molecule has 0 aliphatic heterocycles. The van der Waals surface area contributed by atoms with Gasteiger partial charge in [0.1, 0.15) is 0 Å². The van der Waals surface area contributed by atoms with E-state index in [1.165, 1.54) is 37.8 Å². The van der Waals surface area contributed by atoms with Gasteiger partial charge in [0.2, 0.25) is 0 Å². The van der Waals surface area contributed by atoms with Gasteiger partial charge in [-0.2, -0.15) is 0 Å². The second kappa shape index (κ2) is 6.91. The third-order valence-corrected chi connectivity index (χ3v) is 3.84. The summed E-state index contributed by atoms with van der Waals surface area (Å²) in [5.74, 6) is 0. The van der Waals surface area contributed by atoms with Gasteiger partial charge in [-0.25, -0.2) is 0 Å². The van der Waals surface area contributed by atoms with E-state index in [0.29, 0.717) is 6.04 Å². The van der Waals surface area contributed by atoms with Crippen LogP contribution in [0.15, 0.2) is 30.3 Å². The molecule has 1 fully saturated rings. The lowest BCUT2D eigenvalue weighted by atomic mass is 10.1. The number of benzene rings is 1. The number of rotatable bonds is 8. The van der Waals surface area contributed by atoms with Crippen molar-refractivity contribution in [3.8, 4) is 0 Å². The van der Waals surface area contributed by atoms with E-state index in [-0.39, 0.29) is 0 Å². The van der Waals surface area contributed by atoms with Gasteiger partial charge in [0.25, 0.3) is 0 Å². The first-order valence-corrected chi connectivity index (χ1v) is 7.23. The number of nitrogens with one attached hydrogen (secondary N) is 1. The van der Waals surface area contributed by atoms with E-state index >= 15 is 0 Å². The largest absolute Gasteiger partial charge is 0.313 e. The summed E-state index contributed by atoms with van der Waals surface area (Å²) in [6, 6.07) is 12.3. The van der Waals surface area contributed by atoms with E-state index < -0.39 is 0 Å². The number of hydrogen-bond donors (Lipinski definition) is 1. The highest BCUT2D eigenvalue weighted by atomic mass is 15.2. The van der Waals surface area contributed by atoms with Crippen LogP contribution in [0.3, 0.4) is 0 Å². The molecule has 1 aromatic rings. The summed E-state index contributed by atoms with van der Waals surface area (Å²) < 4.78 is 0.